The summed E-state index contributed by atoms with van der Waals surface area (Å²) in [5.41, 5.74) is 12.0. The lowest BCUT2D eigenvalue weighted by Gasteiger charge is -2.01. The van der Waals surface area contributed by atoms with Crippen LogP contribution >= 0.6 is 0 Å². The van der Waals surface area contributed by atoms with Crippen LogP contribution in [0.2, 0.25) is 0 Å². The topological polar surface area (TPSA) is 52.0 Å². The standard InChI is InChI=1S/C6H8BFN2/c7-3-1-6(10)4(8)2-5(3)9/h1-2H,7,9-10H2. The van der Waals surface area contributed by atoms with Crippen molar-refractivity contribution in [2.45, 2.75) is 0 Å². The molecule has 0 saturated heterocycles. The van der Waals surface area contributed by atoms with Crippen molar-refractivity contribution in [3.05, 3.63) is 17.9 Å². The van der Waals surface area contributed by atoms with Crippen molar-refractivity contribution in [3.8, 4) is 0 Å². The van der Waals surface area contributed by atoms with Gasteiger partial charge in [0.05, 0.1) is 5.69 Å². The van der Waals surface area contributed by atoms with Crippen LogP contribution < -0.4 is 16.9 Å². The van der Waals surface area contributed by atoms with E-state index in [9.17, 15) is 4.39 Å². The van der Waals surface area contributed by atoms with Gasteiger partial charge in [-0.3, -0.25) is 0 Å². The zero-order chi connectivity index (χ0) is 7.72. The maximum atomic E-state index is 12.6. The predicted octanol–water partition coefficient (Wildman–Crippen LogP) is -0.752. The fraction of sp³-hybridized carbons (Fsp3) is 0. The van der Waals surface area contributed by atoms with Crippen LogP contribution in [0.3, 0.4) is 0 Å². The number of nitrogens with two attached hydrogens (primary N) is 2. The third kappa shape index (κ3) is 1.05. The molecule has 2 nitrogen and oxygen atoms in total. The fourth-order valence-electron chi connectivity index (χ4n) is 0.719. The number of benzene rings is 1. The Morgan fingerprint density at radius 3 is 2.30 bits per heavy atom. The van der Waals surface area contributed by atoms with Gasteiger partial charge >= 0.3 is 0 Å². The molecule has 52 valence electrons. The van der Waals surface area contributed by atoms with E-state index in [1.165, 1.54) is 12.1 Å². The number of nitrogen functional groups attached to an aromatic ring is 2. The smallest absolute Gasteiger partial charge is 0.148 e. The lowest BCUT2D eigenvalue weighted by molar-refractivity contribution is 0.633. The summed E-state index contributed by atoms with van der Waals surface area (Å²) in [6.45, 7) is 0. The third-order valence-corrected chi connectivity index (χ3v) is 1.39. The Balaban J connectivity index is 3.28. The second-order valence-corrected chi connectivity index (χ2v) is 2.23. The molecule has 0 radical (unpaired) electrons. The summed E-state index contributed by atoms with van der Waals surface area (Å²) in [4.78, 5) is 0. The minimum absolute atomic E-state index is 0.145. The van der Waals surface area contributed by atoms with Crippen molar-refractivity contribution in [1.82, 2.24) is 0 Å². The van der Waals surface area contributed by atoms with Crippen molar-refractivity contribution in [3.63, 3.8) is 0 Å². The summed E-state index contributed by atoms with van der Waals surface area (Å²) in [6, 6.07) is 2.75. The van der Waals surface area contributed by atoms with Crippen molar-refractivity contribution >= 4 is 24.7 Å². The molecule has 0 fully saturated rings. The van der Waals surface area contributed by atoms with Gasteiger partial charge in [-0.15, -0.1) is 0 Å². The maximum Gasteiger partial charge on any atom is 0.148 e. The molecule has 0 atom stereocenters. The molecule has 0 aliphatic carbocycles. The second kappa shape index (κ2) is 2.21. The Bertz CT molecular complexity index is 212. The van der Waals surface area contributed by atoms with Crippen LogP contribution in [0.4, 0.5) is 15.8 Å². The van der Waals surface area contributed by atoms with Crippen molar-refractivity contribution in [2.24, 2.45) is 0 Å². The third-order valence-electron chi connectivity index (χ3n) is 1.39. The molecule has 0 spiro atoms. The highest BCUT2D eigenvalue weighted by atomic mass is 19.1. The van der Waals surface area contributed by atoms with Crippen LogP contribution in [0.5, 0.6) is 0 Å². The van der Waals surface area contributed by atoms with Crippen molar-refractivity contribution < 1.29 is 4.39 Å². The van der Waals surface area contributed by atoms with Crippen LogP contribution in [0.1, 0.15) is 0 Å². The molecular formula is C6H8BFN2. The average molecular weight is 138 g/mol. The van der Waals surface area contributed by atoms with Gasteiger partial charge in [0.25, 0.3) is 0 Å². The Kier molecular flexibility index (Phi) is 1.53. The molecule has 1 aromatic rings. The molecule has 0 aromatic heterocycles. The first-order valence-electron chi connectivity index (χ1n) is 2.92. The minimum Gasteiger partial charge on any atom is -0.399 e. The quantitative estimate of drug-likeness (QED) is 0.366. The molecule has 0 saturated carbocycles. The van der Waals surface area contributed by atoms with Gasteiger partial charge in [0.15, 0.2) is 0 Å². The van der Waals surface area contributed by atoms with Crippen LogP contribution in [-0.2, 0) is 0 Å². The molecule has 0 bridgehead atoms. The lowest BCUT2D eigenvalue weighted by atomic mass is 9.94. The van der Waals surface area contributed by atoms with Crippen molar-refractivity contribution in [2.75, 3.05) is 11.5 Å². The Labute approximate surface area is 59.4 Å². The molecule has 0 aliphatic rings. The summed E-state index contributed by atoms with van der Waals surface area (Å²) < 4.78 is 12.6. The Hall–Kier alpha value is -1.19. The van der Waals surface area contributed by atoms with E-state index in [0.29, 0.717) is 5.69 Å². The number of anilines is 2. The molecule has 1 rings (SSSR count). The first-order valence-corrected chi connectivity index (χ1v) is 2.92. The number of rotatable bonds is 0. The van der Waals surface area contributed by atoms with E-state index in [2.05, 4.69) is 0 Å². The normalized spacial score (nSPS) is 9.70. The van der Waals surface area contributed by atoms with Crippen LogP contribution in [-0.4, -0.2) is 7.85 Å². The van der Waals surface area contributed by atoms with Crippen LogP contribution in [0.25, 0.3) is 0 Å². The van der Waals surface area contributed by atoms with Gasteiger partial charge in [-0.1, -0.05) is 5.46 Å². The zero-order valence-corrected chi connectivity index (χ0v) is 5.69. The van der Waals surface area contributed by atoms with Gasteiger partial charge in [-0.05, 0) is 12.1 Å². The zero-order valence-electron chi connectivity index (χ0n) is 5.69. The summed E-state index contributed by atoms with van der Waals surface area (Å²) in [5, 5.41) is 0. The van der Waals surface area contributed by atoms with Gasteiger partial charge in [0.1, 0.15) is 13.7 Å². The lowest BCUT2D eigenvalue weighted by Crippen LogP contribution is -2.11. The van der Waals surface area contributed by atoms with E-state index in [1.54, 1.807) is 7.85 Å². The SMILES string of the molecule is Bc1cc(N)c(F)cc1N. The molecule has 0 heterocycles. The Morgan fingerprint density at radius 1 is 1.20 bits per heavy atom. The van der Waals surface area contributed by atoms with E-state index in [1.807, 2.05) is 0 Å². The molecule has 0 amide bonds. The molecular weight excluding hydrogens is 130 g/mol. The summed E-state index contributed by atoms with van der Waals surface area (Å²) >= 11 is 0. The highest BCUT2D eigenvalue weighted by molar-refractivity contribution is 6.35. The largest absolute Gasteiger partial charge is 0.399 e. The molecule has 4 heteroatoms. The van der Waals surface area contributed by atoms with E-state index in [4.69, 9.17) is 11.5 Å². The highest BCUT2D eigenvalue weighted by Gasteiger charge is 1.99. The molecule has 4 N–H and O–H groups in total. The number of hydrogen-bond donors (Lipinski definition) is 2. The monoisotopic (exact) mass is 138 g/mol. The average Bonchev–Trinajstić information content (AvgIpc) is 1.84. The Morgan fingerprint density at radius 2 is 1.80 bits per heavy atom. The van der Waals surface area contributed by atoms with Crippen molar-refractivity contribution in [1.29, 1.82) is 0 Å². The number of hydrogen-bond acceptors (Lipinski definition) is 2. The van der Waals surface area contributed by atoms with E-state index >= 15 is 0 Å². The van der Waals surface area contributed by atoms with Crippen LogP contribution in [0, 0.1) is 5.82 Å². The minimum atomic E-state index is -0.455. The van der Waals surface area contributed by atoms with E-state index in [-0.39, 0.29) is 5.69 Å². The predicted molar refractivity (Wildman–Crippen MR) is 43.4 cm³/mol. The molecule has 10 heavy (non-hydrogen) atoms. The van der Waals surface area contributed by atoms with E-state index in [0.717, 1.165) is 5.46 Å². The molecule has 0 aliphatic heterocycles. The molecule has 0 unspecified atom stereocenters. The van der Waals surface area contributed by atoms with E-state index < -0.39 is 5.82 Å². The van der Waals surface area contributed by atoms with Gasteiger partial charge in [0, 0.05) is 5.69 Å². The fourth-order valence-corrected chi connectivity index (χ4v) is 0.719. The second-order valence-electron chi connectivity index (χ2n) is 2.23. The number of halogens is 1. The maximum absolute atomic E-state index is 12.6. The van der Waals surface area contributed by atoms with Gasteiger partial charge < -0.3 is 11.5 Å². The molecule has 1 aromatic carbocycles. The highest BCUT2D eigenvalue weighted by Crippen LogP contribution is 2.09. The summed E-state index contributed by atoms with van der Waals surface area (Å²) in [6.07, 6.45) is 0. The first kappa shape index (κ1) is 6.93. The van der Waals surface area contributed by atoms with Gasteiger partial charge in [0.2, 0.25) is 0 Å². The van der Waals surface area contributed by atoms with Crippen LogP contribution in [0.15, 0.2) is 12.1 Å². The van der Waals surface area contributed by atoms with Gasteiger partial charge in [-0.25, -0.2) is 4.39 Å². The van der Waals surface area contributed by atoms with Gasteiger partial charge in [-0.2, -0.15) is 0 Å². The first-order chi connectivity index (χ1) is 4.61. The summed E-state index contributed by atoms with van der Waals surface area (Å²) in [5.74, 6) is -0.455. The summed E-state index contributed by atoms with van der Waals surface area (Å²) in [7, 11) is 1.78.